The number of halogens is 4. The minimum atomic E-state index is -3.12. The fraction of sp³-hybridized carbons (Fsp3) is 0.167. The van der Waals surface area contributed by atoms with Crippen LogP contribution in [0, 0.1) is 5.82 Å². The van der Waals surface area contributed by atoms with Crippen LogP contribution in [0.3, 0.4) is 0 Å². The summed E-state index contributed by atoms with van der Waals surface area (Å²) in [5.74, 6) is -1.71. The van der Waals surface area contributed by atoms with E-state index in [-0.39, 0.29) is 12.2 Å². The lowest BCUT2D eigenvalue weighted by Crippen LogP contribution is -2.19. The molecule has 2 rings (SSSR count). The number of nitrogens with one attached hydrogen (secondary N) is 1. The summed E-state index contributed by atoms with van der Waals surface area (Å²) in [7, 11) is 0. The third kappa shape index (κ3) is 4.48. The lowest BCUT2D eigenvalue weighted by molar-refractivity contribution is -0.117. The molecular formula is C12H9BrF3N3O2. The summed E-state index contributed by atoms with van der Waals surface area (Å²) < 4.78 is 43.7. The van der Waals surface area contributed by atoms with Gasteiger partial charge in [0.15, 0.2) is 5.75 Å². The molecule has 21 heavy (non-hydrogen) atoms. The van der Waals surface area contributed by atoms with Crippen LogP contribution in [0.15, 0.2) is 35.1 Å². The highest BCUT2D eigenvalue weighted by Gasteiger charge is 2.13. The largest absolute Gasteiger partial charge is 0.432 e. The maximum atomic E-state index is 13.0. The number of benzene rings is 1. The number of nitrogens with zero attached hydrogens (tertiary/aromatic N) is 2. The van der Waals surface area contributed by atoms with E-state index in [0.29, 0.717) is 4.47 Å². The first-order valence-corrected chi connectivity index (χ1v) is 6.45. The molecule has 1 N–H and O–H groups in total. The number of aromatic nitrogens is 2. The van der Waals surface area contributed by atoms with Gasteiger partial charge >= 0.3 is 6.61 Å². The zero-order valence-corrected chi connectivity index (χ0v) is 12.0. The Hall–Kier alpha value is -2.03. The van der Waals surface area contributed by atoms with Gasteiger partial charge in [-0.1, -0.05) is 0 Å². The zero-order valence-electron chi connectivity index (χ0n) is 10.4. The van der Waals surface area contributed by atoms with Gasteiger partial charge in [-0.25, -0.2) is 4.39 Å². The van der Waals surface area contributed by atoms with Crippen molar-refractivity contribution in [3.05, 3.63) is 40.9 Å². The van der Waals surface area contributed by atoms with E-state index in [0.717, 1.165) is 18.2 Å². The number of alkyl halides is 2. The van der Waals surface area contributed by atoms with E-state index in [1.807, 2.05) is 0 Å². The van der Waals surface area contributed by atoms with Crippen LogP contribution in [0.4, 0.5) is 18.9 Å². The minimum absolute atomic E-state index is 0.0482. The predicted molar refractivity (Wildman–Crippen MR) is 71.6 cm³/mol. The SMILES string of the molecule is O=C(Cn1cc(Br)cn1)Nc1ccc(F)cc1OC(F)F. The van der Waals surface area contributed by atoms with Crippen molar-refractivity contribution in [3.8, 4) is 5.75 Å². The number of ether oxygens (including phenoxy) is 1. The molecule has 0 saturated heterocycles. The van der Waals surface area contributed by atoms with Gasteiger partial charge in [-0.15, -0.1) is 0 Å². The third-order valence-corrected chi connectivity index (χ3v) is 2.75. The molecule has 0 aliphatic rings. The van der Waals surface area contributed by atoms with Crippen LogP contribution < -0.4 is 10.1 Å². The normalized spacial score (nSPS) is 10.7. The highest BCUT2D eigenvalue weighted by molar-refractivity contribution is 9.10. The molecule has 1 amide bonds. The van der Waals surface area contributed by atoms with E-state index < -0.39 is 24.1 Å². The van der Waals surface area contributed by atoms with Crippen LogP contribution in [0.2, 0.25) is 0 Å². The first-order chi connectivity index (χ1) is 9.94. The molecule has 0 spiro atoms. The second-order valence-electron chi connectivity index (χ2n) is 3.92. The van der Waals surface area contributed by atoms with E-state index in [9.17, 15) is 18.0 Å². The molecule has 9 heteroatoms. The highest BCUT2D eigenvalue weighted by atomic mass is 79.9. The standard InChI is InChI=1S/C12H9BrF3N3O2/c13-7-4-17-19(5-7)6-11(20)18-9-2-1-8(14)3-10(9)21-12(15)16/h1-5,12H,6H2,(H,18,20). The van der Waals surface area contributed by atoms with Crippen LogP contribution in [0.5, 0.6) is 5.75 Å². The monoisotopic (exact) mass is 363 g/mol. The molecule has 0 unspecified atom stereocenters. The molecule has 0 fully saturated rings. The fourth-order valence-corrected chi connectivity index (χ4v) is 1.88. The first-order valence-electron chi connectivity index (χ1n) is 5.66. The molecule has 1 heterocycles. The maximum absolute atomic E-state index is 13.0. The summed E-state index contributed by atoms with van der Waals surface area (Å²) in [4.78, 5) is 11.8. The van der Waals surface area contributed by atoms with Crippen molar-refractivity contribution in [3.63, 3.8) is 0 Å². The van der Waals surface area contributed by atoms with Gasteiger partial charge in [0.05, 0.1) is 16.4 Å². The van der Waals surface area contributed by atoms with Crippen molar-refractivity contribution in [2.45, 2.75) is 13.2 Å². The van der Waals surface area contributed by atoms with E-state index in [2.05, 4.69) is 31.1 Å². The van der Waals surface area contributed by atoms with Crippen LogP contribution >= 0.6 is 15.9 Å². The quantitative estimate of drug-likeness (QED) is 0.888. The van der Waals surface area contributed by atoms with Crippen LogP contribution in [-0.2, 0) is 11.3 Å². The molecule has 0 saturated carbocycles. The highest BCUT2D eigenvalue weighted by Crippen LogP contribution is 2.27. The van der Waals surface area contributed by atoms with Gasteiger partial charge in [-0.2, -0.15) is 13.9 Å². The summed E-state index contributed by atoms with van der Waals surface area (Å²) in [6.45, 7) is -3.25. The molecule has 0 aliphatic heterocycles. The molecule has 1 aromatic heterocycles. The summed E-state index contributed by atoms with van der Waals surface area (Å²) in [6.07, 6.45) is 3.07. The first kappa shape index (κ1) is 15.4. The average Bonchev–Trinajstić information content (AvgIpc) is 2.77. The minimum Gasteiger partial charge on any atom is -0.432 e. The van der Waals surface area contributed by atoms with E-state index >= 15 is 0 Å². The number of rotatable bonds is 5. The molecule has 1 aromatic carbocycles. The number of carbonyl (C=O) groups excluding carboxylic acids is 1. The van der Waals surface area contributed by atoms with E-state index in [1.165, 1.54) is 10.9 Å². The Labute approximate surface area is 125 Å². The average molecular weight is 364 g/mol. The third-order valence-electron chi connectivity index (χ3n) is 2.34. The molecule has 0 bridgehead atoms. The van der Waals surface area contributed by atoms with Gasteiger partial charge in [0.25, 0.3) is 0 Å². The Kier molecular flexibility index (Phi) is 4.84. The van der Waals surface area contributed by atoms with Crippen molar-refractivity contribution in [1.29, 1.82) is 0 Å². The Balaban J connectivity index is 2.09. The topological polar surface area (TPSA) is 56.2 Å². The number of hydrogen-bond acceptors (Lipinski definition) is 3. The Morgan fingerprint density at radius 3 is 2.86 bits per heavy atom. The molecule has 0 atom stereocenters. The van der Waals surface area contributed by atoms with E-state index in [1.54, 1.807) is 6.20 Å². The van der Waals surface area contributed by atoms with Crippen molar-refractivity contribution >= 4 is 27.5 Å². The number of amides is 1. The lowest BCUT2D eigenvalue weighted by atomic mass is 10.3. The Morgan fingerprint density at radius 2 is 2.24 bits per heavy atom. The molecule has 0 aliphatic carbocycles. The second kappa shape index (κ2) is 6.61. The van der Waals surface area contributed by atoms with Crippen molar-refractivity contribution in [2.24, 2.45) is 0 Å². The summed E-state index contributed by atoms with van der Waals surface area (Å²) in [5, 5.41) is 6.24. The van der Waals surface area contributed by atoms with Crippen LogP contribution in [0.1, 0.15) is 0 Å². The lowest BCUT2D eigenvalue weighted by Gasteiger charge is -2.12. The number of hydrogen-bond donors (Lipinski definition) is 1. The van der Waals surface area contributed by atoms with Gasteiger partial charge in [0.1, 0.15) is 12.4 Å². The van der Waals surface area contributed by atoms with Crippen LogP contribution in [-0.4, -0.2) is 22.3 Å². The second-order valence-corrected chi connectivity index (χ2v) is 4.84. The van der Waals surface area contributed by atoms with Gasteiger partial charge in [0, 0.05) is 12.3 Å². The maximum Gasteiger partial charge on any atom is 0.387 e. The number of anilines is 1. The predicted octanol–water partition coefficient (Wildman–Crippen LogP) is 3.02. The Bertz CT molecular complexity index is 648. The van der Waals surface area contributed by atoms with Crippen LogP contribution in [0.25, 0.3) is 0 Å². The molecule has 0 radical (unpaired) electrons. The van der Waals surface area contributed by atoms with Crippen molar-refractivity contribution in [2.75, 3.05) is 5.32 Å². The molecular weight excluding hydrogens is 355 g/mol. The van der Waals surface area contributed by atoms with Gasteiger partial charge in [0.2, 0.25) is 5.91 Å². The summed E-state index contributed by atoms with van der Waals surface area (Å²) in [5.41, 5.74) is -0.0482. The van der Waals surface area contributed by atoms with Crippen molar-refractivity contribution in [1.82, 2.24) is 9.78 Å². The number of carbonyl (C=O) groups is 1. The molecule has 5 nitrogen and oxygen atoms in total. The van der Waals surface area contributed by atoms with Crippen molar-refractivity contribution < 1.29 is 22.7 Å². The van der Waals surface area contributed by atoms with E-state index in [4.69, 9.17) is 0 Å². The van der Waals surface area contributed by atoms with Gasteiger partial charge < -0.3 is 10.1 Å². The zero-order chi connectivity index (χ0) is 15.4. The van der Waals surface area contributed by atoms with Gasteiger partial charge in [-0.05, 0) is 28.1 Å². The summed E-state index contributed by atoms with van der Waals surface area (Å²) >= 11 is 3.18. The summed E-state index contributed by atoms with van der Waals surface area (Å²) in [6, 6.07) is 2.94. The molecule has 112 valence electrons. The Morgan fingerprint density at radius 1 is 1.48 bits per heavy atom. The molecule has 2 aromatic rings. The fourth-order valence-electron chi connectivity index (χ4n) is 1.55. The smallest absolute Gasteiger partial charge is 0.387 e. The van der Waals surface area contributed by atoms with Gasteiger partial charge in [-0.3, -0.25) is 9.48 Å².